The van der Waals surface area contributed by atoms with Gasteiger partial charge in [0.1, 0.15) is 12.4 Å². The highest BCUT2D eigenvalue weighted by Crippen LogP contribution is 2.26. The van der Waals surface area contributed by atoms with Crippen LogP contribution in [0.4, 0.5) is 0 Å². The van der Waals surface area contributed by atoms with Gasteiger partial charge in [-0.15, -0.1) is 0 Å². The van der Waals surface area contributed by atoms with Gasteiger partial charge in [0.05, 0.1) is 12.2 Å². The minimum Gasteiger partial charge on any atom is -0.487 e. The summed E-state index contributed by atoms with van der Waals surface area (Å²) in [4.78, 5) is 0. The molecule has 0 saturated heterocycles. The van der Waals surface area contributed by atoms with E-state index in [-0.39, 0.29) is 13.2 Å². The molecule has 0 aromatic heterocycles. The molecule has 0 radical (unpaired) electrons. The first-order valence-corrected chi connectivity index (χ1v) is 7.22. The lowest BCUT2D eigenvalue weighted by atomic mass is 10.2. The fraction of sp³-hybridized carbons (Fsp3) is 0.176. The molecule has 0 aliphatic rings. The molecule has 2 aromatic carbocycles. The molecule has 0 unspecified atom stereocenters. The van der Waals surface area contributed by atoms with Crippen molar-refractivity contribution in [3.05, 3.63) is 63.6 Å². The first-order chi connectivity index (χ1) is 10.2. The zero-order valence-corrected chi connectivity index (χ0v) is 12.8. The quantitative estimate of drug-likeness (QED) is 0.851. The largest absolute Gasteiger partial charge is 0.487 e. The van der Waals surface area contributed by atoms with Crippen LogP contribution in [0.25, 0.3) is 0 Å². The minimum absolute atomic E-state index is 0.0469. The van der Waals surface area contributed by atoms with Crippen LogP contribution in [-0.2, 0) is 6.61 Å². The Morgan fingerprint density at radius 3 is 2.43 bits per heavy atom. The number of benzene rings is 2. The van der Waals surface area contributed by atoms with Gasteiger partial charge in [-0.25, -0.2) is 0 Å². The summed E-state index contributed by atoms with van der Waals surface area (Å²) in [5.74, 6) is 6.52. The second-order valence-corrected chi connectivity index (χ2v) is 5.07. The molecular formula is C17H14Cl2O2. The molecule has 21 heavy (non-hydrogen) atoms. The number of ether oxygens (including phenoxy) is 1. The van der Waals surface area contributed by atoms with Crippen molar-refractivity contribution in [3.8, 4) is 17.6 Å². The van der Waals surface area contributed by atoms with Gasteiger partial charge < -0.3 is 9.84 Å². The number of halogens is 2. The van der Waals surface area contributed by atoms with Gasteiger partial charge in [-0.3, -0.25) is 0 Å². The first kappa shape index (κ1) is 15.7. The van der Waals surface area contributed by atoms with Crippen molar-refractivity contribution in [3.63, 3.8) is 0 Å². The SMILES string of the molecule is OCCC#Cc1ccccc1OCc1c(Cl)cccc1Cl. The average Bonchev–Trinajstić information content (AvgIpc) is 2.48. The van der Waals surface area contributed by atoms with Crippen molar-refractivity contribution in [2.45, 2.75) is 13.0 Å². The smallest absolute Gasteiger partial charge is 0.135 e. The predicted molar refractivity (Wildman–Crippen MR) is 85.8 cm³/mol. The van der Waals surface area contributed by atoms with Gasteiger partial charge in [0.15, 0.2) is 0 Å². The van der Waals surface area contributed by atoms with Crippen molar-refractivity contribution in [1.82, 2.24) is 0 Å². The molecule has 0 aliphatic carbocycles. The first-order valence-electron chi connectivity index (χ1n) is 6.47. The lowest BCUT2D eigenvalue weighted by Crippen LogP contribution is -1.99. The summed E-state index contributed by atoms with van der Waals surface area (Å²) in [7, 11) is 0. The molecule has 4 heteroatoms. The van der Waals surface area contributed by atoms with Crippen LogP contribution in [0.15, 0.2) is 42.5 Å². The molecule has 2 aromatic rings. The lowest BCUT2D eigenvalue weighted by molar-refractivity contribution is 0.304. The Balaban J connectivity index is 2.16. The standard InChI is InChI=1S/C17H14Cl2O2/c18-15-8-5-9-16(19)14(15)12-21-17-10-2-1-6-13(17)7-3-4-11-20/h1-2,5-6,8-10,20H,4,11-12H2. The topological polar surface area (TPSA) is 29.5 Å². The summed E-state index contributed by atoms with van der Waals surface area (Å²) in [6.07, 6.45) is 0.435. The van der Waals surface area contributed by atoms with E-state index in [0.29, 0.717) is 22.2 Å². The van der Waals surface area contributed by atoms with Crippen LogP contribution in [0.3, 0.4) is 0 Å². The summed E-state index contributed by atoms with van der Waals surface area (Å²) < 4.78 is 5.78. The lowest BCUT2D eigenvalue weighted by Gasteiger charge is -2.10. The van der Waals surface area contributed by atoms with E-state index >= 15 is 0 Å². The summed E-state index contributed by atoms with van der Waals surface area (Å²) in [6.45, 7) is 0.322. The highest BCUT2D eigenvalue weighted by atomic mass is 35.5. The third kappa shape index (κ3) is 4.41. The Morgan fingerprint density at radius 2 is 1.71 bits per heavy atom. The van der Waals surface area contributed by atoms with Crippen molar-refractivity contribution in [1.29, 1.82) is 0 Å². The Hall–Kier alpha value is -1.66. The van der Waals surface area contributed by atoms with Crippen LogP contribution in [-0.4, -0.2) is 11.7 Å². The Labute approximate surface area is 134 Å². The van der Waals surface area contributed by atoms with Crippen molar-refractivity contribution in [2.75, 3.05) is 6.61 Å². The summed E-state index contributed by atoms with van der Waals surface area (Å²) in [6, 6.07) is 12.8. The van der Waals surface area contributed by atoms with E-state index in [9.17, 15) is 0 Å². The number of aliphatic hydroxyl groups is 1. The van der Waals surface area contributed by atoms with Crippen molar-refractivity contribution >= 4 is 23.2 Å². The van der Waals surface area contributed by atoms with Crippen molar-refractivity contribution < 1.29 is 9.84 Å². The summed E-state index contributed by atoms with van der Waals surface area (Å²) in [5.41, 5.74) is 1.52. The van der Waals surface area contributed by atoms with Gasteiger partial charge in [0.2, 0.25) is 0 Å². The molecule has 108 valence electrons. The molecule has 1 N–H and O–H groups in total. The second kappa shape index (κ2) is 7.95. The molecule has 2 nitrogen and oxygen atoms in total. The van der Waals surface area contributed by atoms with Crippen LogP contribution in [0.1, 0.15) is 17.5 Å². The third-order valence-corrected chi connectivity index (χ3v) is 3.49. The number of hydrogen-bond acceptors (Lipinski definition) is 2. The molecule has 2 rings (SSSR count). The van der Waals surface area contributed by atoms with Crippen LogP contribution in [0.2, 0.25) is 10.0 Å². The van der Waals surface area contributed by atoms with Gasteiger partial charge in [0, 0.05) is 22.0 Å². The Morgan fingerprint density at radius 1 is 1.00 bits per heavy atom. The van der Waals surface area contributed by atoms with E-state index in [1.807, 2.05) is 24.3 Å². The van der Waals surface area contributed by atoms with E-state index in [2.05, 4.69) is 11.8 Å². The van der Waals surface area contributed by atoms with E-state index in [1.54, 1.807) is 18.2 Å². The number of hydrogen-bond donors (Lipinski definition) is 1. The molecular weight excluding hydrogens is 307 g/mol. The minimum atomic E-state index is 0.0469. The molecule has 0 spiro atoms. The summed E-state index contributed by atoms with van der Waals surface area (Å²) in [5, 5.41) is 9.91. The maximum Gasteiger partial charge on any atom is 0.135 e. The Kier molecular flexibility index (Phi) is 5.95. The van der Waals surface area contributed by atoms with Crippen LogP contribution in [0, 0.1) is 11.8 Å². The highest BCUT2D eigenvalue weighted by Gasteiger charge is 2.07. The highest BCUT2D eigenvalue weighted by molar-refractivity contribution is 6.35. The summed E-state index contributed by atoms with van der Waals surface area (Å²) >= 11 is 12.2. The van der Waals surface area contributed by atoms with Gasteiger partial charge in [0.25, 0.3) is 0 Å². The van der Waals surface area contributed by atoms with Crippen LogP contribution in [0.5, 0.6) is 5.75 Å². The Bertz CT molecular complexity index is 652. The molecule has 0 aliphatic heterocycles. The van der Waals surface area contributed by atoms with E-state index < -0.39 is 0 Å². The maximum absolute atomic E-state index is 8.76. The molecule has 0 fully saturated rings. The number of para-hydroxylation sites is 1. The molecule has 0 atom stereocenters. The molecule has 0 saturated carbocycles. The zero-order valence-electron chi connectivity index (χ0n) is 11.3. The van der Waals surface area contributed by atoms with E-state index in [4.69, 9.17) is 33.0 Å². The van der Waals surface area contributed by atoms with Gasteiger partial charge in [-0.1, -0.05) is 53.2 Å². The number of aliphatic hydroxyl groups excluding tert-OH is 1. The molecule has 0 bridgehead atoms. The maximum atomic E-state index is 8.76. The average molecular weight is 321 g/mol. The third-order valence-electron chi connectivity index (χ3n) is 2.78. The predicted octanol–water partition coefficient (Wildman–Crippen LogP) is 4.31. The van der Waals surface area contributed by atoms with Gasteiger partial charge in [-0.2, -0.15) is 0 Å². The number of rotatable bonds is 4. The van der Waals surface area contributed by atoms with Gasteiger partial charge in [-0.05, 0) is 24.3 Å². The second-order valence-electron chi connectivity index (χ2n) is 4.26. The van der Waals surface area contributed by atoms with Crippen LogP contribution < -0.4 is 4.74 Å². The van der Waals surface area contributed by atoms with Gasteiger partial charge >= 0.3 is 0 Å². The fourth-order valence-electron chi connectivity index (χ4n) is 1.73. The zero-order chi connectivity index (χ0) is 15.1. The van der Waals surface area contributed by atoms with E-state index in [0.717, 1.165) is 11.1 Å². The fourth-order valence-corrected chi connectivity index (χ4v) is 2.24. The normalized spacial score (nSPS) is 9.86. The van der Waals surface area contributed by atoms with Crippen molar-refractivity contribution in [2.24, 2.45) is 0 Å². The van der Waals surface area contributed by atoms with Crippen LogP contribution >= 0.6 is 23.2 Å². The molecule has 0 heterocycles. The molecule has 0 amide bonds. The van der Waals surface area contributed by atoms with E-state index in [1.165, 1.54) is 0 Å². The monoisotopic (exact) mass is 320 g/mol.